The molecule has 0 aromatic carbocycles. The van der Waals surface area contributed by atoms with Crippen LogP contribution in [0.15, 0.2) is 0 Å². The van der Waals surface area contributed by atoms with Crippen LogP contribution in [0.4, 0.5) is 0 Å². The van der Waals surface area contributed by atoms with Gasteiger partial charge in [-0.05, 0) is 64.2 Å². The van der Waals surface area contributed by atoms with Crippen molar-refractivity contribution in [3.8, 4) is 0 Å². The Kier molecular flexibility index (Phi) is 9.02. The Morgan fingerprint density at radius 2 is 0.364 bits per heavy atom. The van der Waals surface area contributed by atoms with Crippen LogP contribution in [0.5, 0.6) is 0 Å². The quantitative estimate of drug-likeness (QED) is 0.506. The fourth-order valence-corrected chi connectivity index (χ4v) is 0.642. The van der Waals surface area contributed by atoms with Gasteiger partial charge in [0.1, 0.15) is 0 Å². The summed E-state index contributed by atoms with van der Waals surface area (Å²) in [5.74, 6) is 0. The third kappa shape index (κ3) is 6.90. The van der Waals surface area contributed by atoms with Gasteiger partial charge in [0, 0.05) is 0 Å². The van der Waals surface area contributed by atoms with E-state index in [1.807, 2.05) is 64.2 Å². The van der Waals surface area contributed by atoms with E-state index in [4.69, 9.17) is 0 Å². The number of hydrogen-bond acceptors (Lipinski definition) is 0. The molecule has 0 amide bonds. The molecule has 0 aromatic heterocycles. The molecule has 0 bridgehead atoms. The summed E-state index contributed by atoms with van der Waals surface area (Å²) in [5, 5.41) is 0. The molecule has 0 aliphatic heterocycles. The fourth-order valence-electron chi connectivity index (χ4n) is 0.642. The van der Waals surface area contributed by atoms with Crippen molar-refractivity contribution in [2.75, 3.05) is 0 Å². The van der Waals surface area contributed by atoms with Crippen molar-refractivity contribution < 1.29 is 17.1 Å². The molecule has 2 saturated carbocycles. The van der Waals surface area contributed by atoms with E-state index < -0.39 is 0 Å². The first-order chi connectivity index (χ1) is 5.00. The van der Waals surface area contributed by atoms with Crippen molar-refractivity contribution >= 4 is 0 Å². The Morgan fingerprint density at radius 1 is 0.273 bits per heavy atom. The van der Waals surface area contributed by atoms with Crippen LogP contribution in [0.1, 0.15) is 0 Å². The van der Waals surface area contributed by atoms with Gasteiger partial charge >= 0.3 is 17.1 Å². The first-order valence-electron chi connectivity index (χ1n) is 3.33. The van der Waals surface area contributed by atoms with Gasteiger partial charge in [0.05, 0.1) is 0 Å². The topological polar surface area (TPSA) is 0 Å². The maximum atomic E-state index is 2.00. The van der Waals surface area contributed by atoms with E-state index in [2.05, 4.69) is 0 Å². The molecular formula is C10H10Mn+2. The van der Waals surface area contributed by atoms with E-state index >= 15 is 0 Å². The maximum Gasteiger partial charge on any atom is 2.00 e. The van der Waals surface area contributed by atoms with Crippen molar-refractivity contribution in [3.05, 3.63) is 64.2 Å². The zero-order valence-corrected chi connectivity index (χ0v) is 7.33. The van der Waals surface area contributed by atoms with Gasteiger partial charge in [-0.1, -0.05) is 0 Å². The predicted molar refractivity (Wildman–Crippen MR) is 43.0 cm³/mol. The molecule has 0 N–H and O–H groups in total. The molecule has 0 aromatic rings. The molecule has 0 spiro atoms. The molecule has 2 aliphatic carbocycles. The van der Waals surface area contributed by atoms with Gasteiger partial charge in [0.25, 0.3) is 0 Å². The number of rotatable bonds is 0. The Hall–Kier alpha value is 0.519. The summed E-state index contributed by atoms with van der Waals surface area (Å²) in [6.07, 6.45) is 20.0. The van der Waals surface area contributed by atoms with Crippen LogP contribution in [-0.2, 0) is 17.1 Å². The molecule has 2 rings (SSSR count). The second kappa shape index (κ2) is 8.61. The van der Waals surface area contributed by atoms with Gasteiger partial charge in [0.15, 0.2) is 0 Å². The summed E-state index contributed by atoms with van der Waals surface area (Å²) < 4.78 is 0. The van der Waals surface area contributed by atoms with Crippen LogP contribution >= 0.6 is 0 Å². The molecule has 0 atom stereocenters. The fraction of sp³-hybridized carbons (Fsp3) is 0. The molecule has 0 heterocycles. The zero-order chi connectivity index (χ0) is 7.07. The number of hydrogen-bond donors (Lipinski definition) is 0. The van der Waals surface area contributed by atoms with E-state index in [0.29, 0.717) is 0 Å². The van der Waals surface area contributed by atoms with Gasteiger partial charge < -0.3 is 0 Å². The van der Waals surface area contributed by atoms with Gasteiger partial charge in [-0.15, -0.1) is 0 Å². The molecule has 1 heteroatoms. The summed E-state index contributed by atoms with van der Waals surface area (Å²) in [5.41, 5.74) is 0. The molecule has 2 aliphatic rings. The molecule has 11 radical (unpaired) electrons. The molecule has 11 heavy (non-hydrogen) atoms. The first-order valence-corrected chi connectivity index (χ1v) is 3.33. The van der Waals surface area contributed by atoms with Crippen molar-refractivity contribution in [1.29, 1.82) is 0 Å². The van der Waals surface area contributed by atoms with E-state index in [1.165, 1.54) is 0 Å². The standard InChI is InChI=1S/2C5H5.Mn/c2*1-2-4-5-3-1;/h2*1-5H;/q;;+2. The smallest absolute Gasteiger partial charge is 0.0312 e. The van der Waals surface area contributed by atoms with E-state index in [-0.39, 0.29) is 17.1 Å². The van der Waals surface area contributed by atoms with Crippen LogP contribution in [0, 0.1) is 64.2 Å². The van der Waals surface area contributed by atoms with E-state index in [9.17, 15) is 0 Å². The summed E-state index contributed by atoms with van der Waals surface area (Å²) >= 11 is 0. The summed E-state index contributed by atoms with van der Waals surface area (Å²) in [6.45, 7) is 0. The average molecular weight is 185 g/mol. The van der Waals surface area contributed by atoms with Crippen LogP contribution in [0.2, 0.25) is 0 Å². The summed E-state index contributed by atoms with van der Waals surface area (Å²) in [7, 11) is 0. The second-order valence-corrected chi connectivity index (χ2v) is 1.92. The SMILES string of the molecule is [CH]1[CH][CH][CH][CH]1.[CH]1[CH][CH][CH][CH]1.[Mn+2]. The minimum absolute atomic E-state index is 0. The molecule has 2 fully saturated rings. The Morgan fingerprint density at radius 3 is 0.455 bits per heavy atom. The molecule has 55 valence electrons. The molecular weight excluding hydrogens is 175 g/mol. The largest absolute Gasteiger partial charge is 2.00 e. The average Bonchev–Trinajstić information content (AvgIpc) is 2.67. The third-order valence-electron chi connectivity index (χ3n) is 1.11. The van der Waals surface area contributed by atoms with Crippen molar-refractivity contribution in [3.63, 3.8) is 0 Å². The van der Waals surface area contributed by atoms with Crippen LogP contribution in [0.25, 0.3) is 0 Å². The van der Waals surface area contributed by atoms with Gasteiger partial charge in [0.2, 0.25) is 0 Å². The minimum atomic E-state index is 0. The summed E-state index contributed by atoms with van der Waals surface area (Å²) in [4.78, 5) is 0. The van der Waals surface area contributed by atoms with Gasteiger partial charge in [-0.25, -0.2) is 0 Å². The molecule has 0 nitrogen and oxygen atoms in total. The minimum Gasteiger partial charge on any atom is -0.0312 e. The van der Waals surface area contributed by atoms with E-state index in [0.717, 1.165) is 0 Å². The van der Waals surface area contributed by atoms with Crippen molar-refractivity contribution in [2.24, 2.45) is 0 Å². The zero-order valence-electron chi connectivity index (χ0n) is 6.15. The third-order valence-corrected chi connectivity index (χ3v) is 1.11. The first kappa shape index (κ1) is 11.5. The van der Waals surface area contributed by atoms with Gasteiger partial charge in [-0.3, -0.25) is 0 Å². The molecule has 0 saturated heterocycles. The van der Waals surface area contributed by atoms with Crippen LogP contribution in [0.3, 0.4) is 0 Å². The van der Waals surface area contributed by atoms with E-state index in [1.54, 1.807) is 0 Å². The Bertz CT molecular complexity index is 38.1. The van der Waals surface area contributed by atoms with Crippen molar-refractivity contribution in [1.82, 2.24) is 0 Å². The van der Waals surface area contributed by atoms with Crippen LogP contribution in [-0.4, -0.2) is 0 Å². The molecule has 0 unspecified atom stereocenters. The Balaban J connectivity index is 0.000000167. The maximum absolute atomic E-state index is 2.00. The summed E-state index contributed by atoms with van der Waals surface area (Å²) in [6, 6.07) is 0. The normalized spacial score (nSPS) is 21.8. The van der Waals surface area contributed by atoms with Crippen molar-refractivity contribution in [2.45, 2.75) is 0 Å². The van der Waals surface area contributed by atoms with Gasteiger partial charge in [-0.2, -0.15) is 0 Å². The predicted octanol–water partition coefficient (Wildman–Crippen LogP) is 2.04. The second-order valence-electron chi connectivity index (χ2n) is 1.92. The Labute approximate surface area is 81.6 Å². The monoisotopic (exact) mass is 185 g/mol. The van der Waals surface area contributed by atoms with Crippen LogP contribution < -0.4 is 0 Å².